The summed E-state index contributed by atoms with van der Waals surface area (Å²) in [4.78, 5) is 24.2. The first-order valence-corrected chi connectivity index (χ1v) is 8.04. The molecule has 0 fully saturated rings. The minimum atomic E-state index is -0.494. The Hall–Kier alpha value is -3.54. The average molecular weight is 350 g/mol. The third-order valence-corrected chi connectivity index (χ3v) is 3.83. The molecule has 1 aliphatic carbocycles. The molecular weight excluding hydrogens is 332 g/mol. The molecule has 3 rings (SSSR count). The molecule has 0 bridgehead atoms. The number of carbonyl (C=O) groups excluding carboxylic acids is 2. The fraction of sp³-hybridized carbons (Fsp3) is 0.100. The number of hydrogen-bond acceptors (Lipinski definition) is 6. The van der Waals surface area contributed by atoms with Crippen LogP contribution in [0.15, 0.2) is 72.5 Å². The largest absolute Gasteiger partial charge is 0.426 e. The average Bonchev–Trinajstić information content (AvgIpc) is 2.64. The van der Waals surface area contributed by atoms with Crippen molar-refractivity contribution in [1.82, 2.24) is 0 Å². The molecule has 0 amide bonds. The number of nitrogens with two attached hydrogens (primary N) is 2. The standard InChI is InChI=1S/C20H18N2O4/c21-15-5-1-13(2-6-15)19(23)25-17-9-11-18(12-10-17)26-20(24)14-3-7-16(22)8-4-14/h1-3,5-12,14H,4,21-22H2. The zero-order chi connectivity index (χ0) is 18.5. The van der Waals surface area contributed by atoms with Crippen LogP contribution in [0.3, 0.4) is 0 Å². The lowest BCUT2D eigenvalue weighted by Gasteiger charge is -2.14. The SMILES string of the molecule is NC1=CCC(C(=O)Oc2ccc(OC(=O)c3ccc(N)cc3)cc2)C=C1. The summed E-state index contributed by atoms with van der Waals surface area (Å²) < 4.78 is 10.6. The van der Waals surface area contributed by atoms with E-state index in [0.717, 1.165) is 0 Å². The molecule has 0 saturated carbocycles. The molecule has 0 spiro atoms. The van der Waals surface area contributed by atoms with E-state index >= 15 is 0 Å². The smallest absolute Gasteiger partial charge is 0.343 e. The molecule has 1 unspecified atom stereocenters. The fourth-order valence-electron chi connectivity index (χ4n) is 2.36. The number of esters is 2. The second-order valence-corrected chi connectivity index (χ2v) is 5.81. The zero-order valence-electron chi connectivity index (χ0n) is 13.9. The van der Waals surface area contributed by atoms with Crippen LogP contribution in [0.5, 0.6) is 11.5 Å². The predicted octanol–water partition coefficient (Wildman–Crippen LogP) is 2.81. The maximum absolute atomic E-state index is 12.1. The number of carbonyl (C=O) groups is 2. The summed E-state index contributed by atoms with van der Waals surface area (Å²) in [6, 6.07) is 12.7. The topological polar surface area (TPSA) is 105 Å². The van der Waals surface area contributed by atoms with Crippen molar-refractivity contribution in [3.05, 3.63) is 78.0 Å². The zero-order valence-corrected chi connectivity index (χ0v) is 13.9. The van der Waals surface area contributed by atoms with Crippen molar-refractivity contribution in [3.8, 4) is 11.5 Å². The lowest BCUT2D eigenvalue weighted by Crippen LogP contribution is -2.20. The van der Waals surface area contributed by atoms with E-state index in [0.29, 0.717) is 34.9 Å². The minimum Gasteiger partial charge on any atom is -0.426 e. The van der Waals surface area contributed by atoms with Gasteiger partial charge in [0, 0.05) is 11.4 Å². The number of ether oxygens (including phenoxy) is 2. The third-order valence-electron chi connectivity index (χ3n) is 3.83. The van der Waals surface area contributed by atoms with Gasteiger partial charge in [-0.2, -0.15) is 0 Å². The lowest BCUT2D eigenvalue weighted by atomic mass is 10.00. The van der Waals surface area contributed by atoms with Gasteiger partial charge < -0.3 is 20.9 Å². The molecule has 1 aliphatic rings. The monoisotopic (exact) mass is 350 g/mol. The molecule has 6 nitrogen and oxygen atoms in total. The molecule has 1 atom stereocenters. The molecule has 2 aromatic carbocycles. The summed E-state index contributed by atoms with van der Waals surface area (Å²) in [5.41, 5.74) is 12.8. The molecule has 0 aliphatic heterocycles. The summed E-state index contributed by atoms with van der Waals surface area (Å²) in [7, 11) is 0. The van der Waals surface area contributed by atoms with E-state index in [1.165, 1.54) is 0 Å². The molecule has 26 heavy (non-hydrogen) atoms. The van der Waals surface area contributed by atoms with E-state index in [4.69, 9.17) is 20.9 Å². The van der Waals surface area contributed by atoms with Gasteiger partial charge in [-0.25, -0.2) is 4.79 Å². The van der Waals surface area contributed by atoms with Gasteiger partial charge in [-0.3, -0.25) is 4.79 Å². The Balaban J connectivity index is 1.58. The van der Waals surface area contributed by atoms with Gasteiger partial charge in [0.1, 0.15) is 11.5 Å². The molecule has 0 saturated heterocycles. The Morgan fingerprint density at radius 2 is 1.50 bits per heavy atom. The third kappa shape index (κ3) is 4.30. The fourth-order valence-corrected chi connectivity index (χ4v) is 2.36. The number of hydrogen-bond donors (Lipinski definition) is 2. The van der Waals surface area contributed by atoms with Crippen molar-refractivity contribution in [1.29, 1.82) is 0 Å². The second-order valence-electron chi connectivity index (χ2n) is 5.81. The number of allylic oxidation sites excluding steroid dienone is 2. The van der Waals surface area contributed by atoms with E-state index in [2.05, 4.69) is 0 Å². The number of benzene rings is 2. The number of nitrogen functional groups attached to an aromatic ring is 1. The van der Waals surface area contributed by atoms with Gasteiger partial charge >= 0.3 is 11.9 Å². The molecular formula is C20H18N2O4. The highest BCUT2D eigenvalue weighted by molar-refractivity contribution is 5.91. The summed E-state index contributed by atoms with van der Waals surface area (Å²) in [5, 5.41) is 0. The normalized spacial score (nSPS) is 15.8. The van der Waals surface area contributed by atoms with Gasteiger partial charge in [0.05, 0.1) is 11.5 Å². The molecule has 0 heterocycles. The van der Waals surface area contributed by atoms with E-state index in [-0.39, 0.29) is 11.9 Å². The molecule has 132 valence electrons. The molecule has 0 radical (unpaired) electrons. The molecule has 6 heteroatoms. The summed E-state index contributed by atoms with van der Waals surface area (Å²) >= 11 is 0. The van der Waals surface area contributed by atoms with Gasteiger partial charge in [0.2, 0.25) is 0 Å². The van der Waals surface area contributed by atoms with E-state index in [1.807, 2.05) is 0 Å². The Morgan fingerprint density at radius 1 is 0.885 bits per heavy atom. The van der Waals surface area contributed by atoms with Gasteiger partial charge in [0.25, 0.3) is 0 Å². The summed E-state index contributed by atoms with van der Waals surface area (Å²) in [6.45, 7) is 0. The minimum absolute atomic E-state index is 0.347. The van der Waals surface area contributed by atoms with Crippen molar-refractivity contribution in [3.63, 3.8) is 0 Å². The first-order chi connectivity index (χ1) is 12.5. The highest BCUT2D eigenvalue weighted by atomic mass is 16.5. The maximum atomic E-state index is 12.1. The van der Waals surface area contributed by atoms with E-state index in [1.54, 1.807) is 66.8 Å². The van der Waals surface area contributed by atoms with Gasteiger partial charge in [-0.15, -0.1) is 0 Å². The van der Waals surface area contributed by atoms with Crippen LogP contribution in [-0.2, 0) is 4.79 Å². The van der Waals surface area contributed by atoms with Crippen LogP contribution in [0.2, 0.25) is 0 Å². The van der Waals surface area contributed by atoms with Crippen molar-refractivity contribution in [2.75, 3.05) is 5.73 Å². The Kier molecular flexibility index (Phi) is 5.03. The first kappa shape index (κ1) is 17.3. The summed E-state index contributed by atoms with van der Waals surface area (Å²) in [6.07, 6.45) is 5.71. The number of anilines is 1. The van der Waals surface area contributed by atoms with Crippen molar-refractivity contribution in [2.45, 2.75) is 6.42 Å². The van der Waals surface area contributed by atoms with Crippen LogP contribution in [0.1, 0.15) is 16.8 Å². The van der Waals surface area contributed by atoms with Gasteiger partial charge in [0.15, 0.2) is 0 Å². The summed E-state index contributed by atoms with van der Waals surface area (Å²) in [5.74, 6) is -0.494. The maximum Gasteiger partial charge on any atom is 0.343 e. The van der Waals surface area contributed by atoms with Crippen LogP contribution >= 0.6 is 0 Å². The van der Waals surface area contributed by atoms with Crippen LogP contribution in [-0.4, -0.2) is 11.9 Å². The molecule has 0 aromatic heterocycles. The lowest BCUT2D eigenvalue weighted by molar-refractivity contribution is -0.137. The van der Waals surface area contributed by atoms with Crippen molar-refractivity contribution < 1.29 is 19.1 Å². The van der Waals surface area contributed by atoms with Crippen molar-refractivity contribution in [2.24, 2.45) is 11.7 Å². The van der Waals surface area contributed by atoms with E-state index < -0.39 is 5.97 Å². The van der Waals surface area contributed by atoms with Crippen LogP contribution < -0.4 is 20.9 Å². The van der Waals surface area contributed by atoms with Crippen LogP contribution in [0.25, 0.3) is 0 Å². The Bertz CT molecular complexity index is 868. The highest BCUT2D eigenvalue weighted by Crippen LogP contribution is 2.22. The van der Waals surface area contributed by atoms with E-state index in [9.17, 15) is 9.59 Å². The second kappa shape index (κ2) is 7.57. The number of rotatable bonds is 4. The molecule has 4 N–H and O–H groups in total. The van der Waals surface area contributed by atoms with Crippen LogP contribution in [0.4, 0.5) is 5.69 Å². The Labute approximate surface area is 150 Å². The predicted molar refractivity (Wildman–Crippen MR) is 97.4 cm³/mol. The van der Waals surface area contributed by atoms with Gasteiger partial charge in [-0.05, 0) is 61.0 Å². The van der Waals surface area contributed by atoms with Gasteiger partial charge in [-0.1, -0.05) is 12.2 Å². The highest BCUT2D eigenvalue weighted by Gasteiger charge is 2.19. The quantitative estimate of drug-likeness (QED) is 0.499. The van der Waals surface area contributed by atoms with Crippen LogP contribution in [0, 0.1) is 5.92 Å². The first-order valence-electron chi connectivity index (χ1n) is 8.04. The Morgan fingerprint density at radius 3 is 2.08 bits per heavy atom. The molecule has 2 aromatic rings. The van der Waals surface area contributed by atoms with Crippen molar-refractivity contribution >= 4 is 17.6 Å².